The van der Waals surface area contributed by atoms with Gasteiger partial charge in [-0.15, -0.1) is 11.3 Å². The molecule has 136 valence electrons. The van der Waals surface area contributed by atoms with Crippen molar-refractivity contribution in [3.05, 3.63) is 63.7 Å². The third kappa shape index (κ3) is 4.05. The maximum atomic E-state index is 12.2. The lowest BCUT2D eigenvalue weighted by atomic mass is 10.2. The summed E-state index contributed by atoms with van der Waals surface area (Å²) < 4.78 is 2.32. The Morgan fingerprint density at radius 2 is 1.96 bits per heavy atom. The molecule has 0 radical (unpaired) electrons. The highest BCUT2D eigenvalue weighted by molar-refractivity contribution is 7.10. The number of nitrogens with one attached hydrogen (secondary N) is 1. The summed E-state index contributed by atoms with van der Waals surface area (Å²) in [7, 11) is 0. The smallest absolute Gasteiger partial charge is 0.227 e. The van der Waals surface area contributed by atoms with Crippen LogP contribution >= 0.6 is 11.3 Å². The average molecular weight is 368 g/mol. The van der Waals surface area contributed by atoms with E-state index in [9.17, 15) is 4.79 Å². The summed E-state index contributed by atoms with van der Waals surface area (Å²) in [6, 6.07) is 12.5. The Morgan fingerprint density at radius 3 is 2.62 bits per heavy atom. The van der Waals surface area contributed by atoms with Gasteiger partial charge in [-0.25, -0.2) is 4.98 Å². The first kappa shape index (κ1) is 18.4. The van der Waals surface area contributed by atoms with E-state index in [1.165, 1.54) is 11.4 Å². The van der Waals surface area contributed by atoms with Gasteiger partial charge >= 0.3 is 0 Å². The van der Waals surface area contributed by atoms with Gasteiger partial charge in [0.25, 0.3) is 0 Å². The second-order valence-electron chi connectivity index (χ2n) is 6.81. The van der Waals surface area contributed by atoms with Crippen LogP contribution in [0.3, 0.4) is 0 Å². The zero-order valence-electron chi connectivity index (χ0n) is 15.7. The molecule has 1 N–H and O–H groups in total. The summed E-state index contributed by atoms with van der Waals surface area (Å²) in [5.74, 6) is 0.00223. The first-order valence-corrected chi connectivity index (χ1v) is 9.77. The largest absolute Gasteiger partial charge is 0.352 e. The molecule has 3 rings (SSSR count). The van der Waals surface area contributed by atoms with Crippen LogP contribution in [0.5, 0.6) is 0 Å². The standard InChI is InChI=1S/C21H25N3OS/c1-14(2)24-15(3)10-18(16(24)4)19-13-26-21(23-19)11-20(25)22-12-17-8-6-5-7-9-17/h5-10,13-14H,11-12H2,1-4H3,(H,22,25). The van der Waals surface area contributed by atoms with Gasteiger partial charge in [0.15, 0.2) is 0 Å². The molecule has 4 nitrogen and oxygen atoms in total. The molecular formula is C21H25N3OS. The number of thiazole rings is 1. The Labute approximate surface area is 158 Å². The molecule has 0 atom stereocenters. The molecule has 1 amide bonds. The van der Waals surface area contributed by atoms with Crippen molar-refractivity contribution in [2.24, 2.45) is 0 Å². The van der Waals surface area contributed by atoms with Crippen LogP contribution in [-0.4, -0.2) is 15.5 Å². The highest BCUT2D eigenvalue weighted by atomic mass is 32.1. The average Bonchev–Trinajstić information content (AvgIpc) is 3.18. The molecule has 2 heterocycles. The van der Waals surface area contributed by atoms with Gasteiger partial charge in [-0.05, 0) is 39.3 Å². The van der Waals surface area contributed by atoms with Crippen LogP contribution in [0, 0.1) is 13.8 Å². The van der Waals surface area contributed by atoms with Crippen molar-refractivity contribution in [2.75, 3.05) is 0 Å². The summed E-state index contributed by atoms with van der Waals surface area (Å²) in [5.41, 5.74) is 5.68. The number of rotatable bonds is 6. The van der Waals surface area contributed by atoms with Crippen molar-refractivity contribution >= 4 is 17.2 Å². The molecule has 0 spiro atoms. The van der Waals surface area contributed by atoms with E-state index in [4.69, 9.17) is 4.98 Å². The van der Waals surface area contributed by atoms with Crippen LogP contribution in [0.2, 0.25) is 0 Å². The second-order valence-corrected chi connectivity index (χ2v) is 7.76. The van der Waals surface area contributed by atoms with Gasteiger partial charge in [-0.1, -0.05) is 30.3 Å². The van der Waals surface area contributed by atoms with E-state index in [-0.39, 0.29) is 5.91 Å². The predicted molar refractivity (Wildman–Crippen MR) is 107 cm³/mol. The molecule has 0 unspecified atom stereocenters. The van der Waals surface area contributed by atoms with Crippen molar-refractivity contribution < 1.29 is 4.79 Å². The number of benzene rings is 1. The Morgan fingerprint density at radius 1 is 1.23 bits per heavy atom. The minimum Gasteiger partial charge on any atom is -0.352 e. The summed E-state index contributed by atoms with van der Waals surface area (Å²) >= 11 is 1.55. The van der Waals surface area contributed by atoms with E-state index in [1.807, 2.05) is 35.7 Å². The Kier molecular flexibility index (Phi) is 5.57. The van der Waals surface area contributed by atoms with Crippen molar-refractivity contribution in [1.29, 1.82) is 0 Å². The van der Waals surface area contributed by atoms with Crippen molar-refractivity contribution in [2.45, 2.75) is 46.7 Å². The fraction of sp³-hybridized carbons (Fsp3) is 0.333. The van der Waals surface area contributed by atoms with E-state index in [0.717, 1.165) is 21.8 Å². The molecular weight excluding hydrogens is 342 g/mol. The van der Waals surface area contributed by atoms with Gasteiger partial charge in [0.2, 0.25) is 5.91 Å². The predicted octanol–water partition coefficient (Wildman–Crippen LogP) is 4.67. The fourth-order valence-corrected chi connectivity index (χ4v) is 4.14. The van der Waals surface area contributed by atoms with E-state index in [1.54, 1.807) is 11.3 Å². The lowest BCUT2D eigenvalue weighted by molar-refractivity contribution is -0.120. The van der Waals surface area contributed by atoms with Gasteiger partial charge in [-0.2, -0.15) is 0 Å². The zero-order chi connectivity index (χ0) is 18.7. The molecule has 5 heteroatoms. The van der Waals surface area contributed by atoms with Gasteiger partial charge in [0.1, 0.15) is 5.01 Å². The molecule has 1 aromatic carbocycles. The Hall–Kier alpha value is -2.40. The normalized spacial score (nSPS) is 11.1. The molecule has 0 aliphatic heterocycles. The molecule has 0 saturated carbocycles. The summed E-state index contributed by atoms with van der Waals surface area (Å²) in [5, 5.41) is 5.85. The van der Waals surface area contributed by atoms with Crippen molar-refractivity contribution in [3.63, 3.8) is 0 Å². The molecule has 0 bridgehead atoms. The number of aryl methyl sites for hydroxylation is 1. The summed E-state index contributed by atoms with van der Waals surface area (Å²) in [6.45, 7) is 9.18. The lowest BCUT2D eigenvalue weighted by Crippen LogP contribution is -2.24. The van der Waals surface area contributed by atoms with Crippen LogP contribution < -0.4 is 5.32 Å². The molecule has 0 aliphatic carbocycles. The number of hydrogen-bond donors (Lipinski definition) is 1. The van der Waals surface area contributed by atoms with Gasteiger partial charge in [0.05, 0.1) is 12.1 Å². The van der Waals surface area contributed by atoms with Crippen LogP contribution in [0.25, 0.3) is 11.3 Å². The number of carbonyl (C=O) groups is 1. The first-order valence-electron chi connectivity index (χ1n) is 8.89. The number of carbonyl (C=O) groups excluding carboxylic acids is 1. The minimum atomic E-state index is 0.00223. The Balaban J connectivity index is 1.67. The molecule has 26 heavy (non-hydrogen) atoms. The number of hydrogen-bond acceptors (Lipinski definition) is 3. The monoisotopic (exact) mass is 367 g/mol. The number of nitrogens with zero attached hydrogens (tertiary/aromatic N) is 2. The maximum Gasteiger partial charge on any atom is 0.227 e. The van der Waals surface area contributed by atoms with Crippen molar-refractivity contribution in [1.82, 2.24) is 14.9 Å². The van der Waals surface area contributed by atoms with Crippen LogP contribution in [-0.2, 0) is 17.8 Å². The molecule has 0 fully saturated rings. The van der Waals surface area contributed by atoms with E-state index in [0.29, 0.717) is 19.0 Å². The van der Waals surface area contributed by atoms with Crippen molar-refractivity contribution in [3.8, 4) is 11.3 Å². The van der Waals surface area contributed by atoms with Crippen LogP contribution in [0.4, 0.5) is 0 Å². The van der Waals surface area contributed by atoms with Gasteiger partial charge < -0.3 is 9.88 Å². The highest BCUT2D eigenvalue weighted by Crippen LogP contribution is 2.30. The maximum absolute atomic E-state index is 12.2. The van der Waals surface area contributed by atoms with Crippen LogP contribution in [0.15, 0.2) is 41.8 Å². The first-order chi connectivity index (χ1) is 12.5. The number of aromatic nitrogens is 2. The Bertz CT molecular complexity index is 893. The van der Waals surface area contributed by atoms with Crippen LogP contribution in [0.1, 0.15) is 41.8 Å². The van der Waals surface area contributed by atoms with E-state index >= 15 is 0 Å². The minimum absolute atomic E-state index is 0.00223. The molecule has 3 aromatic rings. The second kappa shape index (κ2) is 7.87. The third-order valence-electron chi connectivity index (χ3n) is 4.47. The number of amides is 1. The molecule has 2 aromatic heterocycles. The van der Waals surface area contributed by atoms with Gasteiger partial charge in [-0.3, -0.25) is 4.79 Å². The van der Waals surface area contributed by atoms with Gasteiger partial charge in [0, 0.05) is 34.9 Å². The van der Waals surface area contributed by atoms with E-state index < -0.39 is 0 Å². The van der Waals surface area contributed by atoms with E-state index in [2.05, 4.69) is 43.6 Å². The molecule has 0 saturated heterocycles. The summed E-state index contributed by atoms with van der Waals surface area (Å²) in [6.07, 6.45) is 0.320. The SMILES string of the molecule is Cc1cc(-c2csc(CC(=O)NCc3ccccc3)n2)c(C)n1C(C)C. The zero-order valence-corrected chi connectivity index (χ0v) is 16.6. The summed E-state index contributed by atoms with van der Waals surface area (Å²) in [4.78, 5) is 16.9. The lowest BCUT2D eigenvalue weighted by Gasteiger charge is -2.13. The fourth-order valence-electron chi connectivity index (χ4n) is 3.34. The topological polar surface area (TPSA) is 46.9 Å². The quantitative estimate of drug-likeness (QED) is 0.688. The molecule has 0 aliphatic rings. The highest BCUT2D eigenvalue weighted by Gasteiger charge is 2.16. The third-order valence-corrected chi connectivity index (χ3v) is 5.32.